The molecule has 0 aliphatic heterocycles. The lowest BCUT2D eigenvalue weighted by molar-refractivity contribution is 0.0697. The lowest BCUT2D eigenvalue weighted by atomic mass is 10.1. The van der Waals surface area contributed by atoms with E-state index in [0.29, 0.717) is 11.3 Å². The molecule has 1 heterocycles. The Bertz CT molecular complexity index is 649. The van der Waals surface area contributed by atoms with Crippen LogP contribution in [0, 0.1) is 0 Å². The number of methoxy groups -OCH3 is 1. The Morgan fingerprint density at radius 2 is 2.22 bits per heavy atom. The molecule has 0 amide bonds. The zero-order valence-corrected chi connectivity index (χ0v) is 9.51. The number of hydrogen-bond acceptors (Lipinski definition) is 4. The van der Waals surface area contributed by atoms with Gasteiger partial charge in [-0.05, 0) is 12.1 Å². The minimum atomic E-state index is -1.16. The molecule has 0 radical (unpaired) electrons. The van der Waals surface area contributed by atoms with Crippen LogP contribution in [0.25, 0.3) is 11.3 Å². The Labute approximate surface area is 102 Å². The highest BCUT2D eigenvalue weighted by Crippen LogP contribution is 2.23. The van der Waals surface area contributed by atoms with E-state index in [4.69, 9.17) is 9.84 Å². The molecule has 1 aromatic carbocycles. The van der Waals surface area contributed by atoms with Crippen LogP contribution in [0.1, 0.15) is 10.4 Å². The van der Waals surface area contributed by atoms with Crippen molar-refractivity contribution in [3.8, 4) is 17.0 Å². The Kier molecular flexibility index (Phi) is 3.09. The van der Waals surface area contributed by atoms with E-state index in [2.05, 4.69) is 9.97 Å². The standard InChI is InChI=1S/C12H10N2O4/c1-18-8-4-2-3-7(5-8)10-9(11(15)16)6-13-12(17)14-10/h2-6H,1H3,(H,15,16)(H,13,14,17). The summed E-state index contributed by atoms with van der Waals surface area (Å²) in [6, 6.07) is 6.75. The normalized spacial score (nSPS) is 10.1. The third kappa shape index (κ3) is 2.22. The first-order chi connectivity index (χ1) is 8.61. The second-order valence-corrected chi connectivity index (χ2v) is 3.51. The molecule has 1 aromatic heterocycles. The number of nitrogens with zero attached hydrogens (tertiary/aromatic N) is 1. The van der Waals surface area contributed by atoms with Gasteiger partial charge in [0.2, 0.25) is 0 Å². The third-order valence-corrected chi connectivity index (χ3v) is 2.40. The summed E-state index contributed by atoms with van der Waals surface area (Å²) in [7, 11) is 1.51. The Morgan fingerprint density at radius 3 is 2.89 bits per heavy atom. The third-order valence-electron chi connectivity index (χ3n) is 2.40. The number of carbonyl (C=O) groups is 1. The molecule has 0 aliphatic carbocycles. The van der Waals surface area contributed by atoms with Gasteiger partial charge in [-0.25, -0.2) is 14.6 Å². The van der Waals surface area contributed by atoms with Crippen LogP contribution in [0.4, 0.5) is 0 Å². The molecule has 92 valence electrons. The summed E-state index contributed by atoms with van der Waals surface area (Å²) < 4.78 is 5.05. The molecule has 2 rings (SSSR count). The van der Waals surface area contributed by atoms with Crippen LogP contribution in [0.3, 0.4) is 0 Å². The summed E-state index contributed by atoms with van der Waals surface area (Å²) in [4.78, 5) is 28.1. The fraction of sp³-hybridized carbons (Fsp3) is 0.0833. The van der Waals surface area contributed by atoms with Crippen LogP contribution in [-0.4, -0.2) is 28.2 Å². The van der Waals surface area contributed by atoms with Gasteiger partial charge in [-0.3, -0.25) is 0 Å². The molecule has 0 atom stereocenters. The van der Waals surface area contributed by atoms with Gasteiger partial charge in [0, 0.05) is 11.8 Å². The minimum Gasteiger partial charge on any atom is -0.497 e. The minimum absolute atomic E-state index is 0.0668. The summed E-state index contributed by atoms with van der Waals surface area (Å²) in [5.41, 5.74) is 0.0910. The molecule has 0 bridgehead atoms. The number of rotatable bonds is 3. The monoisotopic (exact) mass is 246 g/mol. The van der Waals surface area contributed by atoms with Crippen molar-refractivity contribution in [3.05, 3.63) is 46.5 Å². The summed E-state index contributed by atoms with van der Waals surface area (Å²) in [6.45, 7) is 0. The molecule has 0 spiro atoms. The van der Waals surface area contributed by atoms with Gasteiger partial charge in [-0.1, -0.05) is 12.1 Å². The topological polar surface area (TPSA) is 92.3 Å². The van der Waals surface area contributed by atoms with Gasteiger partial charge in [-0.15, -0.1) is 0 Å². The molecule has 0 saturated carbocycles. The van der Waals surface area contributed by atoms with Crippen LogP contribution in [-0.2, 0) is 0 Å². The molecule has 2 aromatic rings. The largest absolute Gasteiger partial charge is 0.497 e. The van der Waals surface area contributed by atoms with Gasteiger partial charge in [0.15, 0.2) is 0 Å². The molecule has 6 nitrogen and oxygen atoms in total. The molecule has 2 N–H and O–H groups in total. The average molecular weight is 246 g/mol. The SMILES string of the molecule is COc1cccc(-c2[nH]c(=O)ncc2C(=O)O)c1. The van der Waals surface area contributed by atoms with Crippen molar-refractivity contribution in [3.63, 3.8) is 0 Å². The zero-order valence-electron chi connectivity index (χ0n) is 9.51. The van der Waals surface area contributed by atoms with Crippen LogP contribution < -0.4 is 10.4 Å². The van der Waals surface area contributed by atoms with E-state index in [9.17, 15) is 9.59 Å². The van der Waals surface area contributed by atoms with Crippen LogP contribution >= 0.6 is 0 Å². The molecule has 0 saturated heterocycles. The average Bonchev–Trinajstić information content (AvgIpc) is 2.38. The van der Waals surface area contributed by atoms with Gasteiger partial charge >= 0.3 is 11.7 Å². The molecule has 6 heteroatoms. The molecular formula is C12H10N2O4. The number of H-pyrrole nitrogens is 1. The highest BCUT2D eigenvalue weighted by molar-refractivity contribution is 5.94. The predicted molar refractivity (Wildman–Crippen MR) is 63.8 cm³/mol. The van der Waals surface area contributed by atoms with E-state index in [-0.39, 0.29) is 11.3 Å². The van der Waals surface area contributed by atoms with Crippen LogP contribution in [0.15, 0.2) is 35.3 Å². The quantitative estimate of drug-likeness (QED) is 0.847. The van der Waals surface area contributed by atoms with E-state index < -0.39 is 11.7 Å². The van der Waals surface area contributed by atoms with Crippen molar-refractivity contribution < 1.29 is 14.6 Å². The lowest BCUT2D eigenvalue weighted by Gasteiger charge is -2.06. The maximum atomic E-state index is 11.2. The number of aromatic carboxylic acids is 1. The number of carboxylic acids is 1. The second kappa shape index (κ2) is 4.70. The lowest BCUT2D eigenvalue weighted by Crippen LogP contribution is -2.15. The number of carboxylic acid groups (broad SMARTS) is 1. The maximum Gasteiger partial charge on any atom is 0.345 e. The number of hydrogen-bond donors (Lipinski definition) is 2. The summed E-state index contributed by atoms with van der Waals surface area (Å²) in [5.74, 6) is -0.585. The first kappa shape index (κ1) is 11.8. The number of aromatic nitrogens is 2. The number of nitrogens with one attached hydrogen (secondary N) is 1. The first-order valence-corrected chi connectivity index (χ1v) is 5.09. The molecule has 0 unspecified atom stereocenters. The van der Waals surface area contributed by atoms with E-state index in [1.807, 2.05) is 0 Å². The Morgan fingerprint density at radius 1 is 1.44 bits per heavy atom. The van der Waals surface area contributed by atoms with Gasteiger partial charge in [0.1, 0.15) is 11.3 Å². The zero-order chi connectivity index (χ0) is 13.1. The highest BCUT2D eigenvalue weighted by Gasteiger charge is 2.13. The van der Waals surface area contributed by atoms with Gasteiger partial charge in [-0.2, -0.15) is 0 Å². The number of ether oxygens (including phenoxy) is 1. The smallest absolute Gasteiger partial charge is 0.345 e. The number of benzene rings is 1. The van der Waals surface area contributed by atoms with Crippen molar-refractivity contribution in [2.75, 3.05) is 7.11 Å². The second-order valence-electron chi connectivity index (χ2n) is 3.51. The van der Waals surface area contributed by atoms with E-state index in [1.165, 1.54) is 7.11 Å². The van der Waals surface area contributed by atoms with Crippen molar-refractivity contribution in [1.29, 1.82) is 0 Å². The summed E-state index contributed by atoms with van der Waals surface area (Å²) in [5, 5.41) is 9.05. The fourth-order valence-corrected chi connectivity index (χ4v) is 1.56. The van der Waals surface area contributed by atoms with Crippen molar-refractivity contribution in [1.82, 2.24) is 9.97 Å². The molecule has 0 aliphatic rings. The van der Waals surface area contributed by atoms with E-state index in [1.54, 1.807) is 24.3 Å². The maximum absolute atomic E-state index is 11.2. The predicted octanol–water partition coefficient (Wildman–Crippen LogP) is 1.14. The van der Waals surface area contributed by atoms with Crippen LogP contribution in [0.5, 0.6) is 5.75 Å². The Hall–Kier alpha value is -2.63. The molecular weight excluding hydrogens is 236 g/mol. The first-order valence-electron chi connectivity index (χ1n) is 5.09. The van der Waals surface area contributed by atoms with Crippen molar-refractivity contribution in [2.45, 2.75) is 0 Å². The molecule has 0 fully saturated rings. The van der Waals surface area contributed by atoms with Gasteiger partial charge in [0.05, 0.1) is 12.8 Å². The van der Waals surface area contributed by atoms with Gasteiger partial charge in [0.25, 0.3) is 0 Å². The highest BCUT2D eigenvalue weighted by atomic mass is 16.5. The Balaban J connectivity index is 2.65. The summed E-state index contributed by atoms with van der Waals surface area (Å²) in [6.07, 6.45) is 1.04. The number of aromatic amines is 1. The van der Waals surface area contributed by atoms with Gasteiger partial charge < -0.3 is 14.8 Å². The van der Waals surface area contributed by atoms with Crippen molar-refractivity contribution in [2.24, 2.45) is 0 Å². The fourth-order valence-electron chi connectivity index (χ4n) is 1.56. The molecule has 18 heavy (non-hydrogen) atoms. The van der Waals surface area contributed by atoms with E-state index >= 15 is 0 Å². The summed E-state index contributed by atoms with van der Waals surface area (Å²) >= 11 is 0. The van der Waals surface area contributed by atoms with E-state index in [0.717, 1.165) is 6.20 Å². The van der Waals surface area contributed by atoms with Crippen molar-refractivity contribution >= 4 is 5.97 Å². The van der Waals surface area contributed by atoms with Crippen LogP contribution in [0.2, 0.25) is 0 Å².